The molecule has 4 heteroatoms. The van der Waals surface area contributed by atoms with Gasteiger partial charge in [0.2, 0.25) is 0 Å². The molecule has 18 heavy (non-hydrogen) atoms. The SMILES string of the molecule is O=C(c1ccc2c(c1)NCC2)N1CCC[C@H](O)C1. The largest absolute Gasteiger partial charge is 0.391 e. The molecule has 2 heterocycles. The highest BCUT2D eigenvalue weighted by Crippen LogP contribution is 2.24. The monoisotopic (exact) mass is 246 g/mol. The maximum Gasteiger partial charge on any atom is 0.254 e. The van der Waals surface area contributed by atoms with Crippen molar-refractivity contribution in [1.82, 2.24) is 4.90 Å². The second-order valence-electron chi connectivity index (χ2n) is 5.10. The van der Waals surface area contributed by atoms with Gasteiger partial charge in [-0.05, 0) is 37.0 Å². The van der Waals surface area contributed by atoms with Crippen LogP contribution in [0.2, 0.25) is 0 Å². The van der Waals surface area contributed by atoms with E-state index in [9.17, 15) is 9.90 Å². The molecule has 0 saturated carbocycles. The van der Waals surface area contributed by atoms with Crippen LogP contribution in [0.4, 0.5) is 5.69 Å². The standard InChI is InChI=1S/C14H18N2O2/c17-12-2-1-7-16(9-12)14(18)11-4-3-10-5-6-15-13(10)8-11/h3-4,8,12,15,17H,1-2,5-7,9H2/t12-/m0/s1. The Kier molecular flexibility index (Phi) is 2.96. The quantitative estimate of drug-likeness (QED) is 0.784. The number of aliphatic hydroxyl groups is 1. The summed E-state index contributed by atoms with van der Waals surface area (Å²) >= 11 is 0. The molecule has 1 atom stereocenters. The first-order valence-electron chi connectivity index (χ1n) is 6.58. The van der Waals surface area contributed by atoms with Gasteiger partial charge in [0.1, 0.15) is 0 Å². The van der Waals surface area contributed by atoms with Gasteiger partial charge < -0.3 is 15.3 Å². The van der Waals surface area contributed by atoms with Crippen molar-refractivity contribution < 1.29 is 9.90 Å². The van der Waals surface area contributed by atoms with E-state index in [4.69, 9.17) is 0 Å². The topological polar surface area (TPSA) is 52.6 Å². The number of amides is 1. The Balaban J connectivity index is 1.79. The summed E-state index contributed by atoms with van der Waals surface area (Å²) in [5, 5.41) is 12.9. The molecule has 0 radical (unpaired) electrons. The zero-order chi connectivity index (χ0) is 12.5. The number of nitrogens with one attached hydrogen (secondary N) is 1. The Morgan fingerprint density at radius 2 is 2.33 bits per heavy atom. The van der Waals surface area contributed by atoms with E-state index in [-0.39, 0.29) is 12.0 Å². The molecule has 0 aromatic heterocycles. The molecule has 1 amide bonds. The smallest absolute Gasteiger partial charge is 0.254 e. The first-order chi connectivity index (χ1) is 8.74. The number of fused-ring (bicyclic) bond motifs is 1. The highest BCUT2D eigenvalue weighted by molar-refractivity contribution is 5.95. The molecule has 1 aromatic carbocycles. The van der Waals surface area contributed by atoms with Crippen molar-refractivity contribution >= 4 is 11.6 Å². The first-order valence-corrected chi connectivity index (χ1v) is 6.58. The van der Waals surface area contributed by atoms with Crippen molar-refractivity contribution in [3.05, 3.63) is 29.3 Å². The highest BCUT2D eigenvalue weighted by atomic mass is 16.3. The predicted octanol–water partition coefficient (Wildman–Crippen LogP) is 1.25. The third-order valence-electron chi connectivity index (χ3n) is 3.75. The van der Waals surface area contributed by atoms with Gasteiger partial charge in [-0.3, -0.25) is 4.79 Å². The lowest BCUT2D eigenvalue weighted by Gasteiger charge is -2.30. The molecular weight excluding hydrogens is 228 g/mol. The van der Waals surface area contributed by atoms with Gasteiger partial charge in [0.15, 0.2) is 0 Å². The minimum atomic E-state index is -0.366. The average molecular weight is 246 g/mol. The summed E-state index contributed by atoms with van der Waals surface area (Å²) in [5.74, 6) is 0.0326. The second-order valence-corrected chi connectivity index (χ2v) is 5.10. The fraction of sp³-hybridized carbons (Fsp3) is 0.500. The zero-order valence-corrected chi connectivity index (χ0v) is 10.4. The Bertz CT molecular complexity index is 473. The normalized spacial score (nSPS) is 22.5. The van der Waals surface area contributed by atoms with E-state index in [0.29, 0.717) is 6.54 Å². The van der Waals surface area contributed by atoms with Crippen molar-refractivity contribution in [1.29, 1.82) is 0 Å². The van der Waals surface area contributed by atoms with Crippen LogP contribution in [0, 0.1) is 0 Å². The van der Waals surface area contributed by atoms with Gasteiger partial charge in [-0.1, -0.05) is 6.07 Å². The van der Waals surface area contributed by atoms with Crippen molar-refractivity contribution in [2.45, 2.75) is 25.4 Å². The van der Waals surface area contributed by atoms with Crippen molar-refractivity contribution in [3.63, 3.8) is 0 Å². The molecule has 3 rings (SSSR count). The summed E-state index contributed by atoms with van der Waals surface area (Å²) in [7, 11) is 0. The lowest BCUT2D eigenvalue weighted by Crippen LogP contribution is -2.42. The fourth-order valence-electron chi connectivity index (χ4n) is 2.75. The van der Waals surface area contributed by atoms with E-state index in [0.717, 1.165) is 43.6 Å². The first kappa shape index (κ1) is 11.5. The fourth-order valence-corrected chi connectivity index (χ4v) is 2.75. The van der Waals surface area contributed by atoms with E-state index in [2.05, 4.69) is 5.32 Å². The molecule has 2 aliphatic heterocycles. The molecule has 1 saturated heterocycles. The summed E-state index contributed by atoms with van der Waals surface area (Å²) in [6.45, 7) is 2.17. The lowest BCUT2D eigenvalue weighted by molar-refractivity contribution is 0.0474. The molecule has 2 aliphatic rings. The predicted molar refractivity (Wildman–Crippen MR) is 69.8 cm³/mol. The van der Waals surface area contributed by atoms with Gasteiger partial charge in [0.05, 0.1) is 6.10 Å². The van der Waals surface area contributed by atoms with E-state index in [1.54, 1.807) is 4.90 Å². The van der Waals surface area contributed by atoms with Crippen LogP contribution in [0.15, 0.2) is 18.2 Å². The number of carbonyl (C=O) groups is 1. The highest BCUT2D eigenvalue weighted by Gasteiger charge is 2.23. The number of rotatable bonds is 1. The van der Waals surface area contributed by atoms with Crippen LogP contribution in [0.5, 0.6) is 0 Å². The maximum absolute atomic E-state index is 12.3. The van der Waals surface area contributed by atoms with Crippen LogP contribution in [0.1, 0.15) is 28.8 Å². The zero-order valence-electron chi connectivity index (χ0n) is 10.4. The van der Waals surface area contributed by atoms with E-state index in [1.165, 1.54) is 5.56 Å². The molecule has 0 bridgehead atoms. The van der Waals surface area contributed by atoms with Gasteiger partial charge >= 0.3 is 0 Å². The summed E-state index contributed by atoms with van der Waals surface area (Å²) in [4.78, 5) is 14.1. The Labute approximate surface area is 107 Å². The van der Waals surface area contributed by atoms with E-state index in [1.807, 2.05) is 18.2 Å². The van der Waals surface area contributed by atoms with Gasteiger partial charge in [0, 0.05) is 30.9 Å². The molecule has 1 fully saturated rings. The van der Waals surface area contributed by atoms with Crippen LogP contribution in [-0.2, 0) is 6.42 Å². The Hall–Kier alpha value is -1.55. The number of nitrogens with zero attached hydrogens (tertiary/aromatic N) is 1. The number of anilines is 1. The maximum atomic E-state index is 12.3. The summed E-state index contributed by atoms with van der Waals surface area (Å²) in [6.07, 6.45) is 2.35. The van der Waals surface area contributed by atoms with Crippen molar-refractivity contribution in [2.24, 2.45) is 0 Å². The number of piperidine rings is 1. The van der Waals surface area contributed by atoms with Crippen molar-refractivity contribution in [3.8, 4) is 0 Å². The number of aliphatic hydroxyl groups excluding tert-OH is 1. The minimum absolute atomic E-state index is 0.0326. The van der Waals surface area contributed by atoms with Crippen LogP contribution in [0.25, 0.3) is 0 Å². The molecule has 0 unspecified atom stereocenters. The second kappa shape index (κ2) is 4.61. The number of benzene rings is 1. The van der Waals surface area contributed by atoms with Gasteiger partial charge in [0.25, 0.3) is 5.91 Å². The third-order valence-corrected chi connectivity index (χ3v) is 3.75. The molecule has 1 aromatic rings. The Morgan fingerprint density at radius 1 is 1.44 bits per heavy atom. The molecule has 0 aliphatic carbocycles. The van der Waals surface area contributed by atoms with Crippen molar-refractivity contribution in [2.75, 3.05) is 25.0 Å². The van der Waals surface area contributed by atoms with Gasteiger partial charge in [-0.2, -0.15) is 0 Å². The van der Waals surface area contributed by atoms with Gasteiger partial charge in [-0.25, -0.2) is 0 Å². The number of carbonyl (C=O) groups excluding carboxylic acids is 1. The molecule has 4 nitrogen and oxygen atoms in total. The summed E-state index contributed by atoms with van der Waals surface area (Å²) in [6, 6.07) is 5.86. The van der Waals surface area contributed by atoms with Crippen LogP contribution < -0.4 is 5.32 Å². The molecule has 2 N–H and O–H groups in total. The Morgan fingerprint density at radius 3 is 3.17 bits per heavy atom. The average Bonchev–Trinajstić information content (AvgIpc) is 2.85. The molecule has 96 valence electrons. The summed E-state index contributed by atoms with van der Waals surface area (Å²) in [5.41, 5.74) is 3.08. The van der Waals surface area contributed by atoms with Gasteiger partial charge in [-0.15, -0.1) is 0 Å². The van der Waals surface area contributed by atoms with E-state index >= 15 is 0 Å². The number of likely N-dealkylation sites (tertiary alicyclic amines) is 1. The lowest BCUT2D eigenvalue weighted by atomic mass is 10.0. The summed E-state index contributed by atoms with van der Waals surface area (Å²) < 4.78 is 0. The molecule has 0 spiro atoms. The number of hydrogen-bond donors (Lipinski definition) is 2. The third kappa shape index (κ3) is 2.08. The van der Waals surface area contributed by atoms with E-state index < -0.39 is 0 Å². The minimum Gasteiger partial charge on any atom is -0.391 e. The van der Waals surface area contributed by atoms with Crippen LogP contribution in [-0.4, -0.2) is 41.7 Å². The molecular formula is C14H18N2O2. The number of β-amino-alcohol motifs (C(OH)–C–C–N with tert-alkyl or cyclic N) is 1. The van der Waals surface area contributed by atoms with Crippen LogP contribution in [0.3, 0.4) is 0 Å². The number of hydrogen-bond acceptors (Lipinski definition) is 3. The van der Waals surface area contributed by atoms with Crippen LogP contribution >= 0.6 is 0 Å².